The van der Waals surface area contributed by atoms with Gasteiger partial charge >= 0.3 is 0 Å². The van der Waals surface area contributed by atoms with Gasteiger partial charge in [0.15, 0.2) is 6.10 Å². The molecule has 3 atom stereocenters. The molecule has 5 heteroatoms. The van der Waals surface area contributed by atoms with Crippen LogP contribution in [-0.2, 0) is 9.47 Å². The maximum absolute atomic E-state index is 12.3. The monoisotopic (exact) mass is 176 g/mol. The highest BCUT2D eigenvalue weighted by molar-refractivity contribution is 5.72. The van der Waals surface area contributed by atoms with Gasteiger partial charge in [-0.25, -0.2) is 9.38 Å². The van der Waals surface area contributed by atoms with Crippen LogP contribution in [0.3, 0.4) is 0 Å². The van der Waals surface area contributed by atoms with E-state index < -0.39 is 12.8 Å². The fraction of sp³-hybridized carbons (Fsp3) is 0.857. The van der Waals surface area contributed by atoms with Gasteiger partial charge in [-0.2, -0.15) is 0 Å². The Hall–Kier alpha value is -0.840. The molecule has 2 N–H and O–H groups in total. The molecule has 0 aromatic heterocycles. The predicted octanol–water partition coefficient (Wildman–Crippen LogP) is 0.0729. The highest BCUT2D eigenvalue weighted by Crippen LogP contribution is 2.16. The van der Waals surface area contributed by atoms with Gasteiger partial charge in [0, 0.05) is 7.11 Å². The molecule has 0 amide bonds. The van der Waals surface area contributed by atoms with Crippen molar-refractivity contribution in [3.8, 4) is 0 Å². The molecule has 0 saturated heterocycles. The van der Waals surface area contributed by atoms with Crippen LogP contribution in [0, 0.1) is 0 Å². The Morgan fingerprint density at radius 3 is 2.92 bits per heavy atom. The second-order valence-electron chi connectivity index (χ2n) is 2.72. The van der Waals surface area contributed by atoms with Crippen LogP contribution >= 0.6 is 0 Å². The van der Waals surface area contributed by atoms with Crippen molar-refractivity contribution >= 4 is 6.02 Å². The number of amidine groups is 1. The minimum atomic E-state index is -0.623. The number of aliphatic imine (C=N–C) groups is 1. The second kappa shape index (κ2) is 3.71. The van der Waals surface area contributed by atoms with Crippen LogP contribution in [0.25, 0.3) is 0 Å². The number of methoxy groups -OCH3 is 1. The van der Waals surface area contributed by atoms with E-state index in [0.29, 0.717) is 0 Å². The molecule has 0 aromatic carbocycles. The van der Waals surface area contributed by atoms with E-state index >= 15 is 0 Å². The molecular weight excluding hydrogens is 163 g/mol. The summed E-state index contributed by atoms with van der Waals surface area (Å²) in [6.07, 6.45) is -0.968. The predicted molar refractivity (Wildman–Crippen MR) is 42.7 cm³/mol. The number of rotatable bonds is 2. The van der Waals surface area contributed by atoms with Crippen LogP contribution in [0.1, 0.15) is 6.92 Å². The summed E-state index contributed by atoms with van der Waals surface area (Å²) in [6, 6.07) is -0.108. The molecule has 1 aliphatic heterocycles. The average Bonchev–Trinajstić information content (AvgIpc) is 2.03. The summed E-state index contributed by atoms with van der Waals surface area (Å²) in [5.41, 5.74) is 5.31. The van der Waals surface area contributed by atoms with E-state index in [4.69, 9.17) is 15.2 Å². The van der Waals surface area contributed by atoms with Crippen LogP contribution < -0.4 is 5.73 Å². The number of halogens is 1. The van der Waals surface area contributed by atoms with Crippen LogP contribution in [0.15, 0.2) is 4.99 Å². The fourth-order valence-electron chi connectivity index (χ4n) is 1.31. The normalized spacial score (nSPS) is 35.6. The van der Waals surface area contributed by atoms with Gasteiger partial charge in [0.2, 0.25) is 0 Å². The zero-order valence-electron chi connectivity index (χ0n) is 7.16. The number of alkyl halides is 1. The quantitative estimate of drug-likeness (QED) is 0.648. The first-order valence-corrected chi connectivity index (χ1v) is 3.77. The van der Waals surface area contributed by atoms with E-state index in [2.05, 4.69) is 4.99 Å². The Morgan fingerprint density at radius 2 is 2.42 bits per heavy atom. The lowest BCUT2D eigenvalue weighted by Gasteiger charge is -2.31. The first-order chi connectivity index (χ1) is 5.69. The molecule has 0 radical (unpaired) electrons. The van der Waals surface area contributed by atoms with Crippen molar-refractivity contribution in [1.82, 2.24) is 0 Å². The molecule has 0 unspecified atom stereocenters. The summed E-state index contributed by atoms with van der Waals surface area (Å²) in [4.78, 5) is 3.91. The molecular formula is C7H13FN2O2. The lowest BCUT2D eigenvalue weighted by Crippen LogP contribution is -2.47. The largest absolute Gasteiger partial charge is 0.456 e. The molecule has 4 nitrogen and oxygen atoms in total. The van der Waals surface area contributed by atoms with E-state index in [9.17, 15) is 4.39 Å². The number of nitrogens with two attached hydrogens (primary N) is 1. The number of hydrogen-bond acceptors (Lipinski definition) is 4. The Balaban J connectivity index is 2.71. The van der Waals surface area contributed by atoms with E-state index in [0.717, 1.165) is 0 Å². The van der Waals surface area contributed by atoms with Crippen LogP contribution in [0.4, 0.5) is 4.39 Å². The summed E-state index contributed by atoms with van der Waals surface area (Å²) in [5.74, 6) is 0. The third kappa shape index (κ3) is 1.66. The first kappa shape index (κ1) is 9.25. The minimum absolute atomic E-state index is 0.0402. The molecule has 70 valence electrons. The maximum atomic E-state index is 12.3. The average molecular weight is 176 g/mol. The van der Waals surface area contributed by atoms with Crippen molar-refractivity contribution in [2.24, 2.45) is 10.7 Å². The van der Waals surface area contributed by atoms with Crippen molar-refractivity contribution in [1.29, 1.82) is 0 Å². The van der Waals surface area contributed by atoms with Crippen molar-refractivity contribution in [3.63, 3.8) is 0 Å². The molecule has 1 heterocycles. The Kier molecular flexibility index (Phi) is 2.86. The number of nitrogens with zero attached hydrogens (tertiary/aromatic N) is 1. The first-order valence-electron chi connectivity index (χ1n) is 3.77. The number of ether oxygens (including phenoxy) is 2. The molecule has 12 heavy (non-hydrogen) atoms. The van der Waals surface area contributed by atoms with E-state index in [1.54, 1.807) is 0 Å². The van der Waals surface area contributed by atoms with Gasteiger partial charge in [-0.1, -0.05) is 0 Å². The number of hydrogen-bond donors (Lipinski definition) is 1. The Labute approximate surface area is 70.6 Å². The van der Waals surface area contributed by atoms with Gasteiger partial charge in [-0.15, -0.1) is 0 Å². The molecule has 0 aliphatic carbocycles. The summed E-state index contributed by atoms with van der Waals surface area (Å²) < 4.78 is 22.3. The molecule has 1 rings (SSSR count). The summed E-state index contributed by atoms with van der Waals surface area (Å²) in [6.45, 7) is 1.20. The fourth-order valence-corrected chi connectivity index (χ4v) is 1.31. The lowest BCUT2D eigenvalue weighted by molar-refractivity contribution is -0.0380. The van der Waals surface area contributed by atoms with Crippen molar-refractivity contribution in [3.05, 3.63) is 0 Å². The summed E-state index contributed by atoms with van der Waals surface area (Å²) >= 11 is 0. The zero-order valence-corrected chi connectivity index (χ0v) is 7.16. The van der Waals surface area contributed by atoms with Crippen LogP contribution in [0.5, 0.6) is 0 Å². The zero-order chi connectivity index (χ0) is 9.14. The maximum Gasteiger partial charge on any atom is 0.282 e. The van der Waals surface area contributed by atoms with E-state index in [1.165, 1.54) is 7.11 Å². The minimum Gasteiger partial charge on any atom is -0.456 e. The van der Waals surface area contributed by atoms with Crippen molar-refractivity contribution in [2.75, 3.05) is 13.8 Å². The highest BCUT2D eigenvalue weighted by atomic mass is 19.1. The summed E-state index contributed by atoms with van der Waals surface area (Å²) in [7, 11) is 1.50. The van der Waals surface area contributed by atoms with E-state index in [-0.39, 0.29) is 18.2 Å². The topological polar surface area (TPSA) is 56.8 Å². The van der Waals surface area contributed by atoms with Gasteiger partial charge in [0.05, 0.1) is 6.04 Å². The van der Waals surface area contributed by atoms with Crippen LogP contribution in [-0.4, -0.2) is 38.1 Å². The molecule has 0 fully saturated rings. The standard InChI is InChI=1S/C7H13FN2O2/c1-4-6(11-2)5(3-8)12-7(9)10-4/h4-6H,3H2,1-2H3,(H2,9,10)/t4-,5+,6+/m0/s1. The molecule has 0 spiro atoms. The van der Waals surface area contributed by atoms with Gasteiger partial charge in [0.1, 0.15) is 12.8 Å². The van der Waals surface area contributed by atoms with Gasteiger partial charge in [-0.05, 0) is 6.92 Å². The summed E-state index contributed by atoms with van der Waals surface area (Å²) in [5, 5.41) is 0. The second-order valence-corrected chi connectivity index (χ2v) is 2.72. The third-order valence-electron chi connectivity index (χ3n) is 1.87. The van der Waals surface area contributed by atoms with Crippen molar-refractivity contribution in [2.45, 2.75) is 25.2 Å². The molecule has 0 bridgehead atoms. The highest BCUT2D eigenvalue weighted by Gasteiger charge is 2.32. The lowest BCUT2D eigenvalue weighted by atomic mass is 10.1. The Morgan fingerprint density at radius 1 is 1.75 bits per heavy atom. The Bertz CT molecular complexity index is 186. The van der Waals surface area contributed by atoms with E-state index in [1.807, 2.05) is 6.92 Å². The third-order valence-corrected chi connectivity index (χ3v) is 1.87. The smallest absolute Gasteiger partial charge is 0.282 e. The molecule has 1 aliphatic rings. The van der Waals surface area contributed by atoms with Gasteiger partial charge in [-0.3, -0.25) is 0 Å². The molecule has 0 saturated carbocycles. The van der Waals surface area contributed by atoms with Crippen LogP contribution in [0.2, 0.25) is 0 Å². The van der Waals surface area contributed by atoms with Gasteiger partial charge < -0.3 is 15.2 Å². The SMILES string of the molecule is CO[C@@H]1[C@H](C)N=C(N)O[C@@H]1CF. The van der Waals surface area contributed by atoms with Gasteiger partial charge in [0.25, 0.3) is 6.02 Å². The molecule has 0 aromatic rings. The van der Waals surface area contributed by atoms with Crippen molar-refractivity contribution < 1.29 is 13.9 Å².